The normalized spacial score (nSPS) is 13.1. The lowest BCUT2D eigenvalue weighted by molar-refractivity contribution is 0.424. The average molecular weight is 291 g/mol. The van der Waals surface area contributed by atoms with Crippen LogP contribution in [0.2, 0.25) is 0 Å². The van der Waals surface area contributed by atoms with E-state index < -0.39 is 0 Å². The molecule has 0 saturated heterocycles. The summed E-state index contributed by atoms with van der Waals surface area (Å²) < 4.78 is 2.09. The zero-order valence-corrected chi connectivity index (χ0v) is 13.5. The Bertz CT molecular complexity index is 525. The quantitative estimate of drug-likeness (QED) is 0.834. The van der Waals surface area contributed by atoms with Gasteiger partial charge in [-0.05, 0) is 42.3 Å². The minimum absolute atomic E-state index is 0.0648. The standard InChI is InChI=1S/C16H25N3S/c1-4-12-8-10-20-16(12)15(17)11-13-7-9-19(18-13)14(5-2)6-3/h7-10,14-15H,4-6,11,17H2,1-3H3. The van der Waals surface area contributed by atoms with E-state index in [-0.39, 0.29) is 6.04 Å². The van der Waals surface area contributed by atoms with E-state index in [2.05, 4.69) is 49.2 Å². The number of nitrogens with zero attached hydrogens (tertiary/aromatic N) is 2. The highest BCUT2D eigenvalue weighted by molar-refractivity contribution is 7.10. The maximum Gasteiger partial charge on any atom is 0.0643 e. The fourth-order valence-electron chi connectivity index (χ4n) is 2.64. The van der Waals surface area contributed by atoms with Crippen molar-refractivity contribution >= 4 is 11.3 Å². The second-order valence-electron chi connectivity index (χ2n) is 5.23. The van der Waals surface area contributed by atoms with Crippen LogP contribution in [-0.2, 0) is 12.8 Å². The number of rotatable bonds is 7. The monoisotopic (exact) mass is 291 g/mol. The van der Waals surface area contributed by atoms with Gasteiger partial charge in [-0.3, -0.25) is 4.68 Å². The third kappa shape index (κ3) is 3.30. The maximum absolute atomic E-state index is 6.36. The maximum atomic E-state index is 6.36. The largest absolute Gasteiger partial charge is 0.323 e. The Morgan fingerprint density at radius 3 is 2.65 bits per heavy atom. The molecule has 2 heterocycles. The molecule has 4 heteroatoms. The average Bonchev–Trinajstić information content (AvgIpc) is 3.09. The molecule has 0 aliphatic heterocycles. The molecule has 0 amide bonds. The third-order valence-electron chi connectivity index (χ3n) is 3.91. The predicted octanol–water partition coefficient (Wildman–Crippen LogP) is 4.11. The van der Waals surface area contributed by atoms with Crippen LogP contribution < -0.4 is 5.73 Å². The number of hydrogen-bond acceptors (Lipinski definition) is 3. The van der Waals surface area contributed by atoms with Crippen molar-refractivity contribution in [1.29, 1.82) is 0 Å². The molecule has 2 aromatic heterocycles. The molecular formula is C16H25N3S. The summed E-state index contributed by atoms with van der Waals surface area (Å²) >= 11 is 1.76. The van der Waals surface area contributed by atoms with Gasteiger partial charge in [0.15, 0.2) is 0 Å². The van der Waals surface area contributed by atoms with Crippen LogP contribution in [0.3, 0.4) is 0 Å². The van der Waals surface area contributed by atoms with E-state index in [1.165, 1.54) is 10.4 Å². The van der Waals surface area contributed by atoms with Crippen LogP contribution in [0.4, 0.5) is 0 Å². The molecule has 0 aromatic carbocycles. The third-order valence-corrected chi connectivity index (χ3v) is 5.00. The Balaban J connectivity index is 2.07. The molecule has 0 aliphatic rings. The first-order valence-corrected chi connectivity index (χ1v) is 8.43. The van der Waals surface area contributed by atoms with Crippen LogP contribution in [-0.4, -0.2) is 9.78 Å². The van der Waals surface area contributed by atoms with Gasteiger partial charge in [-0.15, -0.1) is 11.3 Å². The molecule has 0 aliphatic carbocycles. The van der Waals surface area contributed by atoms with Crippen molar-refractivity contribution < 1.29 is 0 Å². The van der Waals surface area contributed by atoms with E-state index >= 15 is 0 Å². The number of nitrogens with two attached hydrogens (primary N) is 1. The Morgan fingerprint density at radius 2 is 2.00 bits per heavy atom. The van der Waals surface area contributed by atoms with Gasteiger partial charge in [0.2, 0.25) is 0 Å². The summed E-state index contributed by atoms with van der Waals surface area (Å²) in [5.41, 5.74) is 8.83. The minimum atomic E-state index is 0.0648. The second kappa shape index (κ2) is 7.04. The fourth-order valence-corrected chi connectivity index (χ4v) is 3.64. The summed E-state index contributed by atoms with van der Waals surface area (Å²) in [6, 6.07) is 4.86. The van der Waals surface area contributed by atoms with Crippen LogP contribution in [0.1, 0.15) is 61.8 Å². The highest BCUT2D eigenvalue weighted by atomic mass is 32.1. The lowest BCUT2D eigenvalue weighted by Crippen LogP contribution is -2.14. The Hall–Kier alpha value is -1.13. The zero-order chi connectivity index (χ0) is 14.5. The molecule has 110 valence electrons. The van der Waals surface area contributed by atoms with Crippen LogP contribution >= 0.6 is 11.3 Å². The molecule has 0 fully saturated rings. The molecule has 2 N–H and O–H groups in total. The smallest absolute Gasteiger partial charge is 0.0643 e. The minimum Gasteiger partial charge on any atom is -0.323 e. The summed E-state index contributed by atoms with van der Waals surface area (Å²) in [6.07, 6.45) is 6.20. The van der Waals surface area contributed by atoms with E-state index in [0.29, 0.717) is 6.04 Å². The first-order chi connectivity index (χ1) is 9.69. The molecule has 0 saturated carbocycles. The molecule has 0 bridgehead atoms. The molecule has 3 nitrogen and oxygen atoms in total. The van der Waals surface area contributed by atoms with Crippen LogP contribution in [0, 0.1) is 0 Å². The van der Waals surface area contributed by atoms with Gasteiger partial charge in [0, 0.05) is 23.5 Å². The van der Waals surface area contributed by atoms with Crippen molar-refractivity contribution in [2.24, 2.45) is 5.73 Å². The Labute approximate surface area is 125 Å². The van der Waals surface area contributed by atoms with Crippen molar-refractivity contribution in [2.45, 2.75) is 58.5 Å². The summed E-state index contributed by atoms with van der Waals surface area (Å²) in [6.45, 7) is 6.60. The van der Waals surface area contributed by atoms with Crippen LogP contribution in [0.5, 0.6) is 0 Å². The first-order valence-electron chi connectivity index (χ1n) is 7.55. The SMILES string of the molecule is CCc1ccsc1C(N)Cc1ccn(C(CC)CC)n1. The van der Waals surface area contributed by atoms with Crippen molar-refractivity contribution in [2.75, 3.05) is 0 Å². The second-order valence-corrected chi connectivity index (χ2v) is 6.18. The topological polar surface area (TPSA) is 43.8 Å². The Morgan fingerprint density at radius 1 is 1.25 bits per heavy atom. The molecule has 2 rings (SSSR count). The van der Waals surface area contributed by atoms with Gasteiger partial charge in [0.1, 0.15) is 0 Å². The first kappa shape index (κ1) is 15.3. The van der Waals surface area contributed by atoms with Crippen molar-refractivity contribution in [1.82, 2.24) is 9.78 Å². The van der Waals surface area contributed by atoms with Crippen LogP contribution in [0.25, 0.3) is 0 Å². The summed E-state index contributed by atoms with van der Waals surface area (Å²) in [5, 5.41) is 6.83. The summed E-state index contributed by atoms with van der Waals surface area (Å²) in [4.78, 5) is 1.31. The molecule has 1 atom stereocenters. The van der Waals surface area contributed by atoms with Crippen molar-refractivity contribution in [3.8, 4) is 0 Å². The molecular weight excluding hydrogens is 266 g/mol. The highest BCUT2D eigenvalue weighted by Crippen LogP contribution is 2.26. The highest BCUT2D eigenvalue weighted by Gasteiger charge is 2.15. The van der Waals surface area contributed by atoms with E-state index in [9.17, 15) is 0 Å². The van der Waals surface area contributed by atoms with Crippen molar-refractivity contribution in [3.05, 3.63) is 39.8 Å². The van der Waals surface area contributed by atoms with E-state index in [4.69, 9.17) is 10.8 Å². The van der Waals surface area contributed by atoms with Gasteiger partial charge in [-0.25, -0.2) is 0 Å². The molecule has 2 aromatic rings. The molecule has 1 unspecified atom stereocenters. The molecule has 20 heavy (non-hydrogen) atoms. The van der Waals surface area contributed by atoms with Gasteiger partial charge < -0.3 is 5.73 Å². The number of hydrogen-bond donors (Lipinski definition) is 1. The van der Waals surface area contributed by atoms with Crippen LogP contribution in [0.15, 0.2) is 23.7 Å². The number of thiophene rings is 1. The fraction of sp³-hybridized carbons (Fsp3) is 0.562. The van der Waals surface area contributed by atoms with E-state index in [0.717, 1.165) is 31.4 Å². The predicted molar refractivity (Wildman–Crippen MR) is 86.2 cm³/mol. The van der Waals surface area contributed by atoms with Gasteiger partial charge in [-0.2, -0.15) is 5.10 Å². The molecule has 0 spiro atoms. The number of aromatic nitrogens is 2. The van der Waals surface area contributed by atoms with Gasteiger partial charge in [0.05, 0.1) is 11.7 Å². The summed E-state index contributed by atoms with van der Waals surface area (Å²) in [7, 11) is 0. The summed E-state index contributed by atoms with van der Waals surface area (Å²) in [5.74, 6) is 0. The lowest BCUT2D eigenvalue weighted by atomic mass is 10.1. The lowest BCUT2D eigenvalue weighted by Gasteiger charge is -2.13. The van der Waals surface area contributed by atoms with E-state index in [1.807, 2.05) is 0 Å². The van der Waals surface area contributed by atoms with Crippen molar-refractivity contribution in [3.63, 3.8) is 0 Å². The zero-order valence-electron chi connectivity index (χ0n) is 12.7. The number of aryl methyl sites for hydroxylation is 1. The Kier molecular flexibility index (Phi) is 5.38. The molecule has 0 radical (unpaired) electrons. The van der Waals surface area contributed by atoms with Gasteiger partial charge in [-0.1, -0.05) is 20.8 Å². The van der Waals surface area contributed by atoms with E-state index in [1.54, 1.807) is 11.3 Å². The van der Waals surface area contributed by atoms with Gasteiger partial charge >= 0.3 is 0 Å². The van der Waals surface area contributed by atoms with Gasteiger partial charge in [0.25, 0.3) is 0 Å².